The van der Waals surface area contributed by atoms with Gasteiger partial charge in [-0.25, -0.2) is 14.8 Å². The number of benzene rings is 1. The highest BCUT2D eigenvalue weighted by Crippen LogP contribution is 2.37. The first-order chi connectivity index (χ1) is 19.0. The molecule has 6 rings (SSSR count). The van der Waals surface area contributed by atoms with Crippen molar-refractivity contribution in [2.24, 2.45) is 0 Å². The van der Waals surface area contributed by atoms with Crippen molar-refractivity contribution in [3.05, 3.63) is 35.4 Å². The van der Waals surface area contributed by atoms with Crippen LogP contribution in [-0.2, 0) is 16.0 Å². The number of carboxylic acid groups (broad SMARTS) is 1. The van der Waals surface area contributed by atoms with Gasteiger partial charge in [0, 0.05) is 51.9 Å². The van der Waals surface area contributed by atoms with Gasteiger partial charge in [0.1, 0.15) is 12.2 Å². The van der Waals surface area contributed by atoms with E-state index in [0.717, 1.165) is 51.7 Å². The van der Waals surface area contributed by atoms with Gasteiger partial charge in [-0.1, -0.05) is 30.7 Å². The predicted molar refractivity (Wildman–Crippen MR) is 154 cm³/mol. The molecule has 0 aromatic heterocycles. The summed E-state index contributed by atoms with van der Waals surface area (Å²) in [5.74, 6) is 0.657. The Labute approximate surface area is 238 Å². The van der Waals surface area contributed by atoms with Crippen molar-refractivity contribution in [1.82, 2.24) is 19.8 Å². The van der Waals surface area contributed by atoms with Gasteiger partial charge in [-0.05, 0) is 87.1 Å². The summed E-state index contributed by atoms with van der Waals surface area (Å²) >= 11 is 5.76. The minimum absolute atomic E-state index is 0.0903. The number of hydrazine groups is 1. The van der Waals surface area contributed by atoms with Crippen molar-refractivity contribution in [2.75, 3.05) is 39.3 Å². The number of hydrogen-bond donors (Lipinski definition) is 1. The van der Waals surface area contributed by atoms with E-state index in [2.05, 4.69) is 44.1 Å². The third kappa shape index (κ3) is 6.21. The summed E-state index contributed by atoms with van der Waals surface area (Å²) in [5, 5.41) is 14.8. The largest absolute Gasteiger partial charge is 0.506 e. The van der Waals surface area contributed by atoms with Crippen molar-refractivity contribution >= 4 is 23.5 Å². The van der Waals surface area contributed by atoms with E-state index >= 15 is 0 Å². The molecule has 1 aromatic carbocycles. The molecule has 3 atom stereocenters. The van der Waals surface area contributed by atoms with Crippen LogP contribution >= 0.6 is 12.2 Å². The van der Waals surface area contributed by atoms with Crippen molar-refractivity contribution in [1.29, 1.82) is 0 Å². The summed E-state index contributed by atoms with van der Waals surface area (Å²) in [6.45, 7) is 7.34. The van der Waals surface area contributed by atoms with Crippen molar-refractivity contribution < 1.29 is 19.4 Å². The average Bonchev–Trinajstić information content (AvgIpc) is 3.29. The molecule has 5 fully saturated rings. The lowest BCUT2D eigenvalue weighted by Gasteiger charge is -2.43. The number of hydrogen-bond acceptors (Lipinski definition) is 7. The van der Waals surface area contributed by atoms with Gasteiger partial charge in [0.15, 0.2) is 0 Å². The van der Waals surface area contributed by atoms with E-state index in [9.17, 15) is 4.79 Å². The summed E-state index contributed by atoms with van der Waals surface area (Å²) in [6.07, 6.45) is 10.2. The molecule has 0 amide bonds. The number of ether oxygens (including phenoxy) is 2. The highest BCUT2D eigenvalue weighted by Gasteiger charge is 2.48. The minimum Gasteiger partial charge on any atom is -0.464 e. The smallest absolute Gasteiger partial charge is 0.464 e. The number of fused-ring (bicyclic) bond motifs is 1. The zero-order valence-electron chi connectivity index (χ0n) is 23.1. The first kappa shape index (κ1) is 27.2. The Morgan fingerprint density at radius 1 is 0.846 bits per heavy atom. The Balaban J connectivity index is 1.02. The standard InChI is InChI=1S/C30H44N4O4S/c35-30(36)37-25-13-17-31(18-14-25)26-5-4-6-27-28(26)38-29(39)34(27)21-22-7-9-23(10-8-22)24-11-19-33(20-12-24)32-15-2-1-3-16-32/h7-10,24-28H,1-6,11-21H2,(H,35,36)/t26?,27?,28-/m1/s1. The van der Waals surface area contributed by atoms with Gasteiger partial charge in [-0.3, -0.25) is 4.90 Å². The number of nitrogens with zero attached hydrogens (tertiary/aromatic N) is 4. The van der Waals surface area contributed by atoms with E-state index in [1.165, 1.54) is 69.4 Å². The van der Waals surface area contributed by atoms with Gasteiger partial charge < -0.3 is 19.5 Å². The molecular formula is C30H44N4O4S. The van der Waals surface area contributed by atoms with Crippen molar-refractivity contribution in [3.63, 3.8) is 0 Å². The Morgan fingerprint density at radius 2 is 1.51 bits per heavy atom. The second-order valence-electron chi connectivity index (χ2n) is 12.1. The SMILES string of the molecule is O=C(O)OC1CCN(C2CCCC3[C@@H]2OC(=S)N3Cc2ccc(C3CCN(N4CCCCC4)CC3)cc2)CC1. The van der Waals surface area contributed by atoms with Crippen LogP contribution in [0.5, 0.6) is 0 Å². The van der Waals surface area contributed by atoms with E-state index < -0.39 is 6.16 Å². The molecule has 2 unspecified atom stereocenters. The molecular weight excluding hydrogens is 512 g/mol. The molecule has 4 heterocycles. The number of thiocarbonyl (C=S) groups is 1. The first-order valence-corrected chi connectivity index (χ1v) is 15.7. The molecule has 39 heavy (non-hydrogen) atoms. The molecule has 0 radical (unpaired) electrons. The van der Waals surface area contributed by atoms with Crippen LogP contribution in [0.3, 0.4) is 0 Å². The molecule has 1 N–H and O–H groups in total. The van der Waals surface area contributed by atoms with Crippen LogP contribution in [0.4, 0.5) is 4.79 Å². The molecule has 8 nitrogen and oxygen atoms in total. The summed E-state index contributed by atoms with van der Waals surface area (Å²) in [6, 6.07) is 9.94. The van der Waals surface area contributed by atoms with Gasteiger partial charge in [-0.15, -0.1) is 0 Å². The summed E-state index contributed by atoms with van der Waals surface area (Å²) < 4.78 is 11.4. The van der Waals surface area contributed by atoms with Crippen LogP contribution in [0.25, 0.3) is 0 Å². The topological polar surface area (TPSA) is 68.7 Å². The first-order valence-electron chi connectivity index (χ1n) is 15.2. The van der Waals surface area contributed by atoms with E-state index in [4.69, 9.17) is 26.8 Å². The highest BCUT2D eigenvalue weighted by molar-refractivity contribution is 7.80. The zero-order valence-corrected chi connectivity index (χ0v) is 23.9. The second kappa shape index (κ2) is 12.3. The Hall–Kier alpha value is -1.94. The molecule has 4 saturated heterocycles. The van der Waals surface area contributed by atoms with Crippen LogP contribution in [0, 0.1) is 0 Å². The average molecular weight is 557 g/mol. The monoisotopic (exact) mass is 556 g/mol. The van der Waals surface area contributed by atoms with E-state index in [-0.39, 0.29) is 12.2 Å². The maximum absolute atomic E-state index is 10.9. The molecule has 9 heteroatoms. The lowest BCUT2D eigenvalue weighted by Crippen LogP contribution is -2.54. The lowest BCUT2D eigenvalue weighted by atomic mass is 9.85. The van der Waals surface area contributed by atoms with Crippen LogP contribution in [0.2, 0.25) is 0 Å². The maximum atomic E-state index is 10.9. The lowest BCUT2D eigenvalue weighted by molar-refractivity contribution is -0.0552. The highest BCUT2D eigenvalue weighted by atomic mass is 32.1. The van der Waals surface area contributed by atoms with Crippen LogP contribution in [0.1, 0.15) is 81.3 Å². The maximum Gasteiger partial charge on any atom is 0.506 e. The third-order valence-corrected chi connectivity index (χ3v) is 10.2. The fourth-order valence-corrected chi connectivity index (χ4v) is 8.02. The van der Waals surface area contributed by atoms with Crippen molar-refractivity contribution in [3.8, 4) is 0 Å². The summed E-state index contributed by atoms with van der Waals surface area (Å²) in [5.41, 5.74) is 2.77. The number of likely N-dealkylation sites (tertiary alicyclic amines) is 1. The van der Waals surface area contributed by atoms with Crippen molar-refractivity contribution in [2.45, 2.75) is 101 Å². The van der Waals surface area contributed by atoms with Crippen LogP contribution in [-0.4, -0.2) is 99.8 Å². The second-order valence-corrected chi connectivity index (χ2v) is 12.5. The third-order valence-electron chi connectivity index (χ3n) is 9.85. The predicted octanol–water partition coefficient (Wildman–Crippen LogP) is 4.83. The fraction of sp³-hybridized carbons (Fsp3) is 0.733. The normalized spacial score (nSPS) is 30.2. The van der Waals surface area contributed by atoms with Gasteiger partial charge in [-0.2, -0.15) is 0 Å². The molecule has 4 aliphatic heterocycles. The molecule has 1 aliphatic carbocycles. The number of piperidine rings is 3. The molecule has 0 bridgehead atoms. The van der Waals surface area contributed by atoms with E-state index in [1.54, 1.807) is 0 Å². The number of rotatable bonds is 6. The summed E-state index contributed by atoms with van der Waals surface area (Å²) in [4.78, 5) is 15.7. The minimum atomic E-state index is -1.17. The van der Waals surface area contributed by atoms with E-state index in [0.29, 0.717) is 23.2 Å². The number of carbonyl (C=O) groups is 1. The van der Waals surface area contributed by atoms with Crippen LogP contribution in [0.15, 0.2) is 24.3 Å². The van der Waals surface area contributed by atoms with Gasteiger partial charge in [0.05, 0.1) is 6.04 Å². The Bertz CT molecular complexity index is 987. The summed E-state index contributed by atoms with van der Waals surface area (Å²) in [7, 11) is 0. The van der Waals surface area contributed by atoms with E-state index in [1.807, 2.05) is 0 Å². The fourth-order valence-electron chi connectivity index (χ4n) is 7.70. The quantitative estimate of drug-likeness (QED) is 0.392. The molecule has 5 aliphatic rings. The molecule has 0 spiro atoms. The molecule has 1 aromatic rings. The Morgan fingerprint density at radius 3 is 2.21 bits per heavy atom. The van der Waals surface area contributed by atoms with Gasteiger partial charge in [0.25, 0.3) is 5.17 Å². The zero-order chi connectivity index (χ0) is 26.8. The van der Waals surface area contributed by atoms with Gasteiger partial charge >= 0.3 is 6.16 Å². The van der Waals surface area contributed by atoms with Gasteiger partial charge in [0.2, 0.25) is 0 Å². The Kier molecular flexibility index (Phi) is 8.58. The van der Waals surface area contributed by atoms with Crippen LogP contribution < -0.4 is 0 Å². The molecule has 214 valence electrons. The molecule has 1 saturated carbocycles.